The second-order valence-corrected chi connectivity index (χ2v) is 4.61. The van der Waals surface area contributed by atoms with E-state index in [0.29, 0.717) is 30.2 Å². The molecule has 5 heteroatoms. The summed E-state index contributed by atoms with van der Waals surface area (Å²) in [5.41, 5.74) is 1.34. The van der Waals surface area contributed by atoms with Crippen LogP contribution < -0.4 is 15.4 Å². The lowest BCUT2D eigenvalue weighted by Gasteiger charge is -2.14. The molecule has 0 saturated heterocycles. The van der Waals surface area contributed by atoms with E-state index in [-0.39, 0.29) is 18.4 Å². The first kappa shape index (κ1) is 16.5. The van der Waals surface area contributed by atoms with Crippen molar-refractivity contribution in [1.82, 2.24) is 5.32 Å². The number of hydrogen-bond donors (Lipinski definition) is 3. The Morgan fingerprint density at radius 1 is 1.40 bits per heavy atom. The minimum Gasteiger partial charge on any atom is -0.494 e. The smallest absolute Gasteiger partial charge is 0.228 e. The van der Waals surface area contributed by atoms with E-state index >= 15 is 0 Å². The summed E-state index contributed by atoms with van der Waals surface area (Å²) in [6, 6.07) is 5.28. The van der Waals surface area contributed by atoms with Gasteiger partial charge in [-0.15, -0.1) is 0 Å². The SMILES string of the molecule is CCNCC(C)C(=O)Nc1ccc(OCC)c(CO)c1. The summed E-state index contributed by atoms with van der Waals surface area (Å²) in [5.74, 6) is 0.492. The van der Waals surface area contributed by atoms with Gasteiger partial charge in [0, 0.05) is 23.7 Å². The summed E-state index contributed by atoms with van der Waals surface area (Å²) < 4.78 is 5.41. The molecule has 1 aromatic rings. The summed E-state index contributed by atoms with van der Waals surface area (Å²) in [5, 5.41) is 15.3. The van der Waals surface area contributed by atoms with Crippen LogP contribution >= 0.6 is 0 Å². The molecule has 0 aliphatic carbocycles. The summed E-state index contributed by atoms with van der Waals surface area (Å²) in [7, 11) is 0. The zero-order valence-corrected chi connectivity index (χ0v) is 12.4. The van der Waals surface area contributed by atoms with Gasteiger partial charge in [-0.25, -0.2) is 0 Å². The highest BCUT2D eigenvalue weighted by molar-refractivity contribution is 5.92. The van der Waals surface area contributed by atoms with Crippen molar-refractivity contribution >= 4 is 11.6 Å². The fourth-order valence-electron chi connectivity index (χ4n) is 1.80. The molecular formula is C15H24N2O3. The molecule has 0 aliphatic rings. The highest BCUT2D eigenvalue weighted by Gasteiger charge is 2.13. The first-order chi connectivity index (χ1) is 9.62. The number of nitrogens with one attached hydrogen (secondary N) is 2. The molecule has 1 atom stereocenters. The Kier molecular flexibility index (Phi) is 7.04. The van der Waals surface area contributed by atoms with Crippen LogP contribution in [0, 0.1) is 5.92 Å². The zero-order chi connectivity index (χ0) is 15.0. The topological polar surface area (TPSA) is 70.6 Å². The number of hydrogen-bond acceptors (Lipinski definition) is 4. The lowest BCUT2D eigenvalue weighted by molar-refractivity contribution is -0.119. The predicted molar refractivity (Wildman–Crippen MR) is 79.9 cm³/mol. The molecule has 0 bridgehead atoms. The number of ether oxygens (including phenoxy) is 1. The first-order valence-corrected chi connectivity index (χ1v) is 7.00. The van der Waals surface area contributed by atoms with E-state index in [4.69, 9.17) is 4.74 Å². The van der Waals surface area contributed by atoms with Crippen molar-refractivity contribution < 1.29 is 14.6 Å². The Morgan fingerprint density at radius 2 is 2.15 bits per heavy atom. The Hall–Kier alpha value is -1.59. The minimum absolute atomic E-state index is 0.0426. The van der Waals surface area contributed by atoms with Gasteiger partial charge in [-0.2, -0.15) is 0 Å². The van der Waals surface area contributed by atoms with Crippen molar-refractivity contribution in [1.29, 1.82) is 0 Å². The summed E-state index contributed by atoms with van der Waals surface area (Å²) in [6.07, 6.45) is 0. The third-order valence-corrected chi connectivity index (χ3v) is 2.95. The number of carbonyl (C=O) groups is 1. The molecule has 1 aromatic carbocycles. The van der Waals surface area contributed by atoms with Gasteiger partial charge in [-0.1, -0.05) is 13.8 Å². The molecule has 0 aliphatic heterocycles. The lowest BCUT2D eigenvalue weighted by atomic mass is 10.1. The minimum atomic E-state index is -0.119. The standard InChI is InChI=1S/C15H24N2O3/c1-4-16-9-11(3)15(19)17-13-6-7-14(20-5-2)12(8-13)10-18/h6-8,11,16,18H,4-5,9-10H2,1-3H3,(H,17,19). The molecule has 0 heterocycles. The van der Waals surface area contributed by atoms with Gasteiger partial charge in [0.05, 0.1) is 13.2 Å². The molecule has 112 valence electrons. The molecule has 5 nitrogen and oxygen atoms in total. The second kappa shape index (κ2) is 8.55. The van der Waals surface area contributed by atoms with Gasteiger partial charge in [-0.3, -0.25) is 4.79 Å². The van der Waals surface area contributed by atoms with Gasteiger partial charge in [0.2, 0.25) is 5.91 Å². The highest BCUT2D eigenvalue weighted by atomic mass is 16.5. The second-order valence-electron chi connectivity index (χ2n) is 4.61. The maximum absolute atomic E-state index is 12.0. The lowest BCUT2D eigenvalue weighted by Crippen LogP contribution is -2.30. The van der Waals surface area contributed by atoms with Crippen LogP contribution in [0.2, 0.25) is 0 Å². The summed E-state index contributed by atoms with van der Waals surface area (Å²) in [4.78, 5) is 12.0. The van der Waals surface area contributed by atoms with Crippen molar-refractivity contribution in [3.63, 3.8) is 0 Å². The van der Waals surface area contributed by atoms with E-state index in [1.54, 1.807) is 18.2 Å². The number of carbonyl (C=O) groups excluding carboxylic acids is 1. The van der Waals surface area contributed by atoms with Crippen LogP contribution in [0.3, 0.4) is 0 Å². The van der Waals surface area contributed by atoms with E-state index in [1.165, 1.54) is 0 Å². The maximum atomic E-state index is 12.0. The Morgan fingerprint density at radius 3 is 2.75 bits per heavy atom. The molecule has 3 N–H and O–H groups in total. The molecular weight excluding hydrogens is 256 g/mol. The number of benzene rings is 1. The molecule has 0 spiro atoms. The van der Waals surface area contributed by atoms with Crippen LogP contribution in [0.25, 0.3) is 0 Å². The van der Waals surface area contributed by atoms with Crippen molar-refractivity contribution in [3.8, 4) is 5.75 Å². The van der Waals surface area contributed by atoms with Crippen LogP contribution in [0.1, 0.15) is 26.3 Å². The third kappa shape index (κ3) is 4.83. The van der Waals surface area contributed by atoms with Crippen LogP contribution in [0.5, 0.6) is 5.75 Å². The van der Waals surface area contributed by atoms with Crippen LogP contribution in [-0.4, -0.2) is 30.7 Å². The predicted octanol–water partition coefficient (Wildman–Crippen LogP) is 1.76. The van der Waals surface area contributed by atoms with E-state index < -0.39 is 0 Å². The van der Waals surface area contributed by atoms with E-state index in [2.05, 4.69) is 10.6 Å². The molecule has 0 saturated carbocycles. The normalized spacial score (nSPS) is 12.0. The summed E-state index contributed by atoms with van der Waals surface area (Å²) >= 11 is 0. The van der Waals surface area contributed by atoms with Crippen molar-refractivity contribution in [2.24, 2.45) is 5.92 Å². The maximum Gasteiger partial charge on any atom is 0.228 e. The quantitative estimate of drug-likeness (QED) is 0.678. The number of aliphatic hydroxyl groups is 1. The van der Waals surface area contributed by atoms with E-state index in [1.807, 2.05) is 20.8 Å². The molecule has 20 heavy (non-hydrogen) atoms. The van der Waals surface area contributed by atoms with Gasteiger partial charge in [0.1, 0.15) is 5.75 Å². The molecule has 0 fully saturated rings. The first-order valence-electron chi connectivity index (χ1n) is 7.00. The van der Waals surface area contributed by atoms with Crippen molar-refractivity contribution in [3.05, 3.63) is 23.8 Å². The average molecular weight is 280 g/mol. The van der Waals surface area contributed by atoms with Crippen molar-refractivity contribution in [2.45, 2.75) is 27.4 Å². The molecule has 0 aromatic heterocycles. The zero-order valence-electron chi connectivity index (χ0n) is 12.4. The van der Waals surface area contributed by atoms with Gasteiger partial charge in [0.25, 0.3) is 0 Å². The number of aliphatic hydroxyl groups excluding tert-OH is 1. The largest absolute Gasteiger partial charge is 0.494 e. The van der Waals surface area contributed by atoms with Gasteiger partial charge in [0.15, 0.2) is 0 Å². The number of rotatable bonds is 8. The fraction of sp³-hybridized carbons (Fsp3) is 0.533. The number of amides is 1. The van der Waals surface area contributed by atoms with Crippen LogP contribution in [-0.2, 0) is 11.4 Å². The van der Waals surface area contributed by atoms with Crippen LogP contribution in [0.4, 0.5) is 5.69 Å². The molecule has 1 rings (SSSR count). The average Bonchev–Trinajstić information content (AvgIpc) is 2.46. The fourth-order valence-corrected chi connectivity index (χ4v) is 1.80. The van der Waals surface area contributed by atoms with Crippen molar-refractivity contribution in [2.75, 3.05) is 25.0 Å². The monoisotopic (exact) mass is 280 g/mol. The molecule has 1 amide bonds. The summed E-state index contributed by atoms with van der Waals surface area (Å²) in [6.45, 7) is 7.68. The van der Waals surface area contributed by atoms with Gasteiger partial charge in [-0.05, 0) is 31.7 Å². The Balaban J connectivity index is 2.70. The van der Waals surface area contributed by atoms with Gasteiger partial charge >= 0.3 is 0 Å². The molecule has 1 unspecified atom stereocenters. The van der Waals surface area contributed by atoms with E-state index in [0.717, 1.165) is 6.54 Å². The van der Waals surface area contributed by atoms with Gasteiger partial charge < -0.3 is 20.5 Å². The molecule has 0 radical (unpaired) electrons. The van der Waals surface area contributed by atoms with E-state index in [9.17, 15) is 9.90 Å². The number of anilines is 1. The van der Waals surface area contributed by atoms with Crippen LogP contribution in [0.15, 0.2) is 18.2 Å². The third-order valence-electron chi connectivity index (χ3n) is 2.95. The highest BCUT2D eigenvalue weighted by Crippen LogP contribution is 2.23. The Labute approximate surface area is 120 Å². The Bertz CT molecular complexity index is 435.